The highest BCUT2D eigenvalue weighted by atomic mass is 19.1. The highest BCUT2D eigenvalue weighted by molar-refractivity contribution is 5.79. The summed E-state index contributed by atoms with van der Waals surface area (Å²) in [6.07, 6.45) is 4.56. The molecule has 4 heterocycles. The Labute approximate surface area is 240 Å². The van der Waals surface area contributed by atoms with Gasteiger partial charge in [0.15, 0.2) is 17.5 Å². The Morgan fingerprint density at radius 3 is 2.73 bits per heavy atom. The number of fused-ring (bicyclic) bond motifs is 2. The van der Waals surface area contributed by atoms with Crippen molar-refractivity contribution in [1.82, 2.24) is 19.6 Å². The molecule has 0 bridgehead atoms. The van der Waals surface area contributed by atoms with E-state index in [-0.39, 0.29) is 35.6 Å². The summed E-state index contributed by atoms with van der Waals surface area (Å²) < 4.78 is 26.5. The number of benzene rings is 1. The summed E-state index contributed by atoms with van der Waals surface area (Å²) in [4.78, 5) is 33.5. The molecule has 1 saturated heterocycles. The molecule has 2 aliphatic heterocycles. The maximum absolute atomic E-state index is 13.5. The van der Waals surface area contributed by atoms with E-state index in [0.717, 1.165) is 62.0 Å². The third-order valence-electron chi connectivity index (χ3n) is 8.62. The van der Waals surface area contributed by atoms with Crippen molar-refractivity contribution < 1.29 is 18.4 Å². The largest absolute Gasteiger partial charge is 0.454 e. The lowest BCUT2D eigenvalue weighted by Gasteiger charge is -2.31. The fraction of sp³-hybridized carbons (Fsp3) is 0.613. The van der Waals surface area contributed by atoms with Crippen LogP contribution in [0.1, 0.15) is 87.2 Å². The zero-order valence-corrected chi connectivity index (χ0v) is 24.4. The Morgan fingerprint density at radius 1 is 1.22 bits per heavy atom. The minimum absolute atomic E-state index is 0.0240. The first-order valence-electron chi connectivity index (χ1n) is 15.0. The van der Waals surface area contributed by atoms with E-state index >= 15 is 0 Å². The van der Waals surface area contributed by atoms with E-state index in [1.165, 1.54) is 12.1 Å². The van der Waals surface area contributed by atoms with E-state index in [1.54, 1.807) is 10.6 Å². The van der Waals surface area contributed by atoms with E-state index in [1.807, 2.05) is 6.92 Å². The quantitative estimate of drug-likeness (QED) is 0.352. The van der Waals surface area contributed by atoms with Gasteiger partial charge in [-0.2, -0.15) is 0 Å². The molecule has 2 unspecified atom stereocenters. The van der Waals surface area contributed by atoms with Gasteiger partial charge in [0, 0.05) is 48.1 Å². The molecule has 1 fully saturated rings. The van der Waals surface area contributed by atoms with Crippen molar-refractivity contribution in [1.29, 1.82) is 0 Å². The number of rotatable bonds is 10. The van der Waals surface area contributed by atoms with Crippen molar-refractivity contribution in [2.75, 3.05) is 26.2 Å². The van der Waals surface area contributed by atoms with Gasteiger partial charge in [0.25, 0.3) is 5.56 Å². The SMILES string of the molecule is Cc1nc2n(c(=O)c1CCN1CCC(c3noc4cc(F)ccc34)CC1)CCCC2OC(=O)CC(CN)CC(C)C. The first kappa shape index (κ1) is 29.4. The monoisotopic (exact) mass is 567 g/mol. The van der Waals surface area contributed by atoms with Crippen LogP contribution in [0.5, 0.6) is 0 Å². The lowest BCUT2D eigenvalue weighted by molar-refractivity contribution is -0.152. The highest BCUT2D eigenvalue weighted by Gasteiger charge is 2.30. The Kier molecular flexibility index (Phi) is 9.19. The zero-order chi connectivity index (χ0) is 29.1. The minimum atomic E-state index is -0.502. The van der Waals surface area contributed by atoms with Gasteiger partial charge in [-0.3, -0.25) is 14.2 Å². The number of carbonyl (C=O) groups is 1. The van der Waals surface area contributed by atoms with Gasteiger partial charge >= 0.3 is 5.97 Å². The molecule has 2 aromatic heterocycles. The second-order valence-corrected chi connectivity index (χ2v) is 12.1. The van der Waals surface area contributed by atoms with Crippen LogP contribution >= 0.6 is 0 Å². The lowest BCUT2D eigenvalue weighted by atomic mass is 9.91. The molecule has 1 aromatic carbocycles. The average molecular weight is 568 g/mol. The summed E-state index contributed by atoms with van der Waals surface area (Å²) in [5.41, 5.74) is 8.69. The fourth-order valence-electron chi connectivity index (χ4n) is 6.44. The maximum atomic E-state index is 13.5. The Morgan fingerprint density at radius 2 is 2.00 bits per heavy atom. The lowest BCUT2D eigenvalue weighted by Crippen LogP contribution is -2.38. The van der Waals surface area contributed by atoms with Crippen LogP contribution in [0.4, 0.5) is 4.39 Å². The van der Waals surface area contributed by atoms with Gasteiger partial charge in [0.2, 0.25) is 0 Å². The van der Waals surface area contributed by atoms with Gasteiger partial charge in [-0.15, -0.1) is 0 Å². The number of likely N-dealkylation sites (tertiary alicyclic amines) is 1. The Hall–Kier alpha value is -3.11. The van der Waals surface area contributed by atoms with Crippen LogP contribution in [0.15, 0.2) is 27.5 Å². The van der Waals surface area contributed by atoms with Crippen LogP contribution in [-0.4, -0.2) is 51.8 Å². The predicted octanol–water partition coefficient (Wildman–Crippen LogP) is 4.64. The van der Waals surface area contributed by atoms with Gasteiger partial charge in [-0.25, -0.2) is 9.37 Å². The number of piperidine rings is 1. The molecular formula is C31H42FN5O4. The summed E-state index contributed by atoms with van der Waals surface area (Å²) in [7, 11) is 0. The molecule has 0 radical (unpaired) electrons. The van der Waals surface area contributed by atoms with Crippen LogP contribution in [0.25, 0.3) is 11.0 Å². The number of carbonyl (C=O) groups excluding carboxylic acids is 1. The van der Waals surface area contributed by atoms with Gasteiger partial charge in [0.05, 0.1) is 5.69 Å². The average Bonchev–Trinajstić information content (AvgIpc) is 3.36. The van der Waals surface area contributed by atoms with E-state index in [2.05, 4.69) is 23.9 Å². The molecule has 2 aliphatic rings. The number of ether oxygens (including phenoxy) is 1. The normalized spacial score (nSPS) is 19.0. The van der Waals surface area contributed by atoms with Gasteiger partial charge in [-0.1, -0.05) is 19.0 Å². The molecule has 2 N–H and O–H groups in total. The number of nitrogens with zero attached hydrogens (tertiary/aromatic N) is 4. The molecule has 0 amide bonds. The minimum Gasteiger partial charge on any atom is -0.454 e. The maximum Gasteiger partial charge on any atom is 0.306 e. The number of nitrogens with two attached hydrogens (primary N) is 1. The van der Waals surface area contributed by atoms with Crippen molar-refractivity contribution in [2.24, 2.45) is 17.6 Å². The van der Waals surface area contributed by atoms with Crippen LogP contribution in [0.3, 0.4) is 0 Å². The topological polar surface area (TPSA) is 116 Å². The predicted molar refractivity (Wildman–Crippen MR) is 154 cm³/mol. The summed E-state index contributed by atoms with van der Waals surface area (Å²) in [6.45, 7) is 9.69. The van der Waals surface area contributed by atoms with Gasteiger partial charge in [0.1, 0.15) is 5.82 Å². The summed E-state index contributed by atoms with van der Waals surface area (Å²) in [6, 6.07) is 4.58. The molecule has 0 aliphatic carbocycles. The van der Waals surface area contributed by atoms with Crippen molar-refractivity contribution in [3.05, 3.63) is 57.1 Å². The van der Waals surface area contributed by atoms with E-state index < -0.39 is 6.10 Å². The number of hydrogen-bond donors (Lipinski definition) is 1. The van der Waals surface area contributed by atoms with Crippen molar-refractivity contribution in [3.63, 3.8) is 0 Å². The first-order valence-corrected chi connectivity index (χ1v) is 15.0. The van der Waals surface area contributed by atoms with E-state index in [9.17, 15) is 14.0 Å². The molecule has 3 aromatic rings. The van der Waals surface area contributed by atoms with Gasteiger partial charge in [-0.05, 0) is 89.1 Å². The molecule has 5 rings (SSSR count). The van der Waals surface area contributed by atoms with E-state index in [4.69, 9.17) is 20.0 Å². The van der Waals surface area contributed by atoms with Crippen LogP contribution in [0.2, 0.25) is 0 Å². The zero-order valence-electron chi connectivity index (χ0n) is 24.4. The van der Waals surface area contributed by atoms with Crippen molar-refractivity contribution in [3.8, 4) is 0 Å². The molecular weight excluding hydrogens is 525 g/mol. The molecule has 41 heavy (non-hydrogen) atoms. The number of hydrogen-bond acceptors (Lipinski definition) is 8. The second kappa shape index (κ2) is 12.8. The third kappa shape index (κ3) is 6.70. The number of esters is 1. The van der Waals surface area contributed by atoms with Gasteiger partial charge < -0.3 is 19.9 Å². The van der Waals surface area contributed by atoms with Crippen molar-refractivity contribution in [2.45, 2.75) is 84.3 Å². The second-order valence-electron chi connectivity index (χ2n) is 12.1. The van der Waals surface area contributed by atoms with Crippen molar-refractivity contribution >= 4 is 16.9 Å². The number of halogens is 1. The number of aromatic nitrogens is 3. The Balaban J connectivity index is 1.19. The van der Waals surface area contributed by atoms with Crippen LogP contribution in [0, 0.1) is 24.6 Å². The molecule has 2 atom stereocenters. The first-order chi connectivity index (χ1) is 19.7. The van der Waals surface area contributed by atoms with Crippen LogP contribution < -0.4 is 11.3 Å². The molecule has 0 spiro atoms. The standard InChI is InChI=1S/C31H42FN5O4/c1-19(2)15-21(18-33)16-28(38)40-26-5-4-11-37-30(26)34-20(3)24(31(37)39)10-14-36-12-8-22(9-13-36)29-25-7-6-23(32)17-27(25)41-35-29/h6-7,17,19,21-22,26H,4-5,8-16,18,33H2,1-3H3. The summed E-state index contributed by atoms with van der Waals surface area (Å²) >= 11 is 0. The van der Waals surface area contributed by atoms with E-state index in [0.29, 0.717) is 49.0 Å². The Bertz CT molecular complexity index is 1430. The highest BCUT2D eigenvalue weighted by Crippen LogP contribution is 2.33. The summed E-state index contributed by atoms with van der Waals surface area (Å²) in [5.74, 6) is 0.776. The number of aryl methyl sites for hydroxylation is 1. The smallest absolute Gasteiger partial charge is 0.306 e. The molecule has 9 nitrogen and oxygen atoms in total. The molecule has 10 heteroatoms. The molecule has 222 valence electrons. The molecule has 0 saturated carbocycles. The fourth-order valence-corrected chi connectivity index (χ4v) is 6.44. The third-order valence-corrected chi connectivity index (χ3v) is 8.62. The van der Waals surface area contributed by atoms with Crippen LogP contribution in [-0.2, 0) is 22.5 Å². The summed E-state index contributed by atoms with van der Waals surface area (Å²) in [5, 5.41) is 5.13.